The van der Waals surface area contributed by atoms with E-state index in [0.29, 0.717) is 34.7 Å². The minimum atomic E-state index is -2.95. The van der Waals surface area contributed by atoms with Crippen molar-refractivity contribution in [2.75, 3.05) is 4.90 Å². The lowest BCUT2D eigenvalue weighted by molar-refractivity contribution is -0.0500. The normalized spacial score (nSPS) is 14.3. The highest BCUT2D eigenvalue weighted by Gasteiger charge is 2.32. The molecule has 4 heterocycles. The fourth-order valence-electron chi connectivity index (χ4n) is 3.45. The van der Waals surface area contributed by atoms with E-state index in [1.54, 1.807) is 41.9 Å². The molecule has 1 aliphatic heterocycles. The fraction of sp³-hybridized carbons (Fsp3) is 0.300. The number of fused-ring (bicyclic) bond motifs is 1. The van der Waals surface area contributed by atoms with Crippen molar-refractivity contribution >= 4 is 11.6 Å². The van der Waals surface area contributed by atoms with Crippen LogP contribution in [0.25, 0.3) is 11.3 Å². The maximum absolute atomic E-state index is 13.0. The fourth-order valence-corrected chi connectivity index (χ4v) is 3.45. The van der Waals surface area contributed by atoms with Gasteiger partial charge in [0, 0.05) is 18.0 Å². The molecule has 10 heteroatoms. The molecule has 0 aliphatic carbocycles. The number of carbonyl (C=O) groups is 1. The number of aliphatic hydroxyl groups is 1. The number of amides is 1. The third-order valence-corrected chi connectivity index (χ3v) is 4.68. The van der Waals surface area contributed by atoms with E-state index in [2.05, 4.69) is 19.8 Å². The molecule has 1 atom stereocenters. The molecule has 1 amide bonds. The quantitative estimate of drug-likeness (QED) is 0.666. The van der Waals surface area contributed by atoms with Gasteiger partial charge in [0.25, 0.3) is 5.91 Å². The zero-order chi connectivity index (χ0) is 21.4. The Morgan fingerprint density at radius 3 is 2.80 bits per heavy atom. The minimum Gasteiger partial charge on any atom is -0.433 e. The molecule has 0 bridgehead atoms. The van der Waals surface area contributed by atoms with E-state index < -0.39 is 12.7 Å². The number of nitrogens with zero attached hydrogens (tertiary/aromatic N) is 5. The van der Waals surface area contributed by atoms with Gasteiger partial charge in [0.15, 0.2) is 0 Å². The van der Waals surface area contributed by atoms with Gasteiger partial charge in [-0.05, 0) is 31.5 Å². The number of carbonyl (C=O) groups excluding carboxylic acids is 1. The Morgan fingerprint density at radius 2 is 2.07 bits per heavy atom. The van der Waals surface area contributed by atoms with Gasteiger partial charge >= 0.3 is 6.61 Å². The molecular weight excluding hydrogens is 396 g/mol. The number of aromatic nitrogens is 4. The highest BCUT2D eigenvalue weighted by atomic mass is 19.3. The largest absolute Gasteiger partial charge is 0.433 e. The summed E-state index contributed by atoms with van der Waals surface area (Å²) in [4.78, 5) is 23.0. The van der Waals surface area contributed by atoms with Crippen LogP contribution in [0.1, 0.15) is 28.5 Å². The second kappa shape index (κ2) is 7.79. The molecule has 1 aliphatic rings. The highest BCUT2D eigenvalue weighted by Crippen LogP contribution is 2.32. The molecule has 0 aromatic carbocycles. The van der Waals surface area contributed by atoms with Crippen LogP contribution in [0.5, 0.6) is 5.75 Å². The van der Waals surface area contributed by atoms with Crippen LogP contribution in [0.3, 0.4) is 0 Å². The van der Waals surface area contributed by atoms with Gasteiger partial charge in [0.2, 0.25) is 0 Å². The second-order valence-corrected chi connectivity index (χ2v) is 7.09. The molecule has 0 spiro atoms. The van der Waals surface area contributed by atoms with E-state index in [-0.39, 0.29) is 18.2 Å². The third-order valence-electron chi connectivity index (χ3n) is 4.68. The van der Waals surface area contributed by atoms with Crippen molar-refractivity contribution in [2.45, 2.75) is 39.7 Å². The molecule has 0 unspecified atom stereocenters. The zero-order valence-electron chi connectivity index (χ0n) is 16.3. The summed E-state index contributed by atoms with van der Waals surface area (Å²) in [5, 5.41) is 13.7. The average Bonchev–Trinajstić information content (AvgIpc) is 3.25. The van der Waals surface area contributed by atoms with Crippen LogP contribution < -0.4 is 9.64 Å². The van der Waals surface area contributed by atoms with Gasteiger partial charge in [0.1, 0.15) is 5.75 Å². The summed E-state index contributed by atoms with van der Waals surface area (Å²) in [6, 6.07) is 3.15. The van der Waals surface area contributed by atoms with Crippen LogP contribution in [0.15, 0.2) is 36.9 Å². The summed E-state index contributed by atoms with van der Waals surface area (Å²) in [7, 11) is 0. The van der Waals surface area contributed by atoms with Gasteiger partial charge in [-0.2, -0.15) is 13.9 Å². The number of ether oxygens (including phenoxy) is 1. The molecule has 156 valence electrons. The first-order valence-electron chi connectivity index (χ1n) is 9.25. The number of hydrogen-bond donors (Lipinski definition) is 1. The van der Waals surface area contributed by atoms with Crippen LogP contribution in [0, 0.1) is 6.92 Å². The molecule has 3 aromatic heterocycles. The van der Waals surface area contributed by atoms with E-state index >= 15 is 0 Å². The summed E-state index contributed by atoms with van der Waals surface area (Å²) in [5.74, 6) is -0.253. The molecule has 4 rings (SSSR count). The first kappa shape index (κ1) is 19.9. The summed E-state index contributed by atoms with van der Waals surface area (Å²) in [6.45, 7) is 1.08. The number of anilines is 1. The predicted molar refractivity (Wildman–Crippen MR) is 103 cm³/mol. The third kappa shape index (κ3) is 3.86. The molecular formula is C20H19F2N5O3. The molecule has 30 heavy (non-hydrogen) atoms. The zero-order valence-corrected chi connectivity index (χ0v) is 16.3. The van der Waals surface area contributed by atoms with Crippen molar-refractivity contribution < 1.29 is 23.4 Å². The Balaban J connectivity index is 1.64. The van der Waals surface area contributed by atoms with E-state index in [0.717, 1.165) is 5.56 Å². The molecule has 0 saturated carbocycles. The molecule has 1 N–H and O–H groups in total. The summed E-state index contributed by atoms with van der Waals surface area (Å²) >= 11 is 0. The summed E-state index contributed by atoms with van der Waals surface area (Å²) in [6.07, 6.45) is 5.40. The monoisotopic (exact) mass is 415 g/mol. The van der Waals surface area contributed by atoms with E-state index in [1.165, 1.54) is 18.5 Å². The van der Waals surface area contributed by atoms with Gasteiger partial charge in [-0.15, -0.1) is 0 Å². The van der Waals surface area contributed by atoms with Crippen molar-refractivity contribution in [3.8, 4) is 17.0 Å². The van der Waals surface area contributed by atoms with Gasteiger partial charge < -0.3 is 9.84 Å². The van der Waals surface area contributed by atoms with Gasteiger partial charge in [-0.1, -0.05) is 0 Å². The van der Waals surface area contributed by atoms with Crippen molar-refractivity contribution in [2.24, 2.45) is 0 Å². The lowest BCUT2D eigenvalue weighted by atomic mass is 10.1. The van der Waals surface area contributed by atoms with Crippen molar-refractivity contribution in [1.82, 2.24) is 19.7 Å². The van der Waals surface area contributed by atoms with E-state index in [1.807, 2.05) is 0 Å². The highest BCUT2D eigenvalue weighted by molar-refractivity contribution is 6.10. The Labute approximate surface area is 170 Å². The summed E-state index contributed by atoms with van der Waals surface area (Å²) < 4.78 is 31.0. The number of aryl methyl sites for hydroxylation is 1. The average molecular weight is 415 g/mol. The van der Waals surface area contributed by atoms with Crippen molar-refractivity contribution in [1.29, 1.82) is 0 Å². The Kier molecular flexibility index (Phi) is 5.17. The molecule has 0 saturated heterocycles. The predicted octanol–water partition coefficient (Wildman–Crippen LogP) is 2.79. The molecule has 0 fully saturated rings. The first-order chi connectivity index (χ1) is 14.3. The molecule has 8 nitrogen and oxygen atoms in total. The Hall–Kier alpha value is -3.40. The second-order valence-electron chi connectivity index (χ2n) is 7.09. The SMILES string of the molecule is Cc1cc(-c2cncc(OC(F)F)c2)nc2c1C(=O)N(c1cnn(C[C@H](C)O)c1)C2. The van der Waals surface area contributed by atoms with E-state index in [4.69, 9.17) is 0 Å². The topological polar surface area (TPSA) is 93.4 Å². The van der Waals surface area contributed by atoms with Crippen LogP contribution in [0.4, 0.5) is 14.5 Å². The van der Waals surface area contributed by atoms with Crippen LogP contribution >= 0.6 is 0 Å². The van der Waals surface area contributed by atoms with Crippen LogP contribution in [0.2, 0.25) is 0 Å². The molecule has 3 aromatic rings. The van der Waals surface area contributed by atoms with Crippen molar-refractivity contribution in [3.63, 3.8) is 0 Å². The van der Waals surface area contributed by atoms with Gasteiger partial charge in [-0.3, -0.25) is 24.3 Å². The van der Waals surface area contributed by atoms with E-state index in [9.17, 15) is 18.7 Å². The van der Waals surface area contributed by atoms with Crippen LogP contribution in [-0.4, -0.2) is 43.5 Å². The van der Waals surface area contributed by atoms with Gasteiger partial charge in [-0.25, -0.2) is 0 Å². The number of rotatable bonds is 6. The number of halogens is 2. The number of alkyl halides is 2. The lowest BCUT2D eigenvalue weighted by Crippen LogP contribution is -2.23. The Bertz CT molecular complexity index is 1100. The van der Waals surface area contributed by atoms with Crippen molar-refractivity contribution in [3.05, 3.63) is 53.7 Å². The first-order valence-corrected chi connectivity index (χ1v) is 9.25. The maximum atomic E-state index is 13.0. The van der Waals surface area contributed by atoms with Crippen LogP contribution in [-0.2, 0) is 13.1 Å². The maximum Gasteiger partial charge on any atom is 0.387 e. The molecule has 0 radical (unpaired) electrons. The smallest absolute Gasteiger partial charge is 0.387 e. The number of aliphatic hydroxyl groups excluding tert-OH is 1. The van der Waals surface area contributed by atoms with Gasteiger partial charge in [0.05, 0.1) is 54.2 Å². The minimum absolute atomic E-state index is 0.0642. The standard InChI is InChI=1S/C20H19F2N5O3/c1-11-3-16(13-4-15(7-23-5-13)30-20(21)22)25-17-10-27(19(29)18(11)17)14-6-24-26(9-14)8-12(2)28/h3-7,9,12,20,28H,8,10H2,1-2H3/t12-/m0/s1. The Morgan fingerprint density at radius 1 is 1.27 bits per heavy atom. The number of hydrogen-bond acceptors (Lipinski definition) is 6. The summed E-state index contributed by atoms with van der Waals surface area (Å²) in [5.41, 5.74) is 3.44. The lowest BCUT2D eigenvalue weighted by Gasteiger charge is -2.12. The number of pyridine rings is 2.